The largest absolute Gasteiger partial charge is 0.330 e. The predicted octanol–water partition coefficient (Wildman–Crippen LogP) is 0.745. The topological polar surface area (TPSA) is 26.0 Å². The lowest BCUT2D eigenvalue weighted by Gasteiger charge is -1.80. The molecule has 32 valence electrons. The monoisotopic (exact) mass is 75.1 g/mol. The van der Waals surface area contributed by atoms with Crippen molar-refractivity contribution >= 4 is 0 Å². The van der Waals surface area contributed by atoms with E-state index in [9.17, 15) is 0 Å². The lowest BCUT2D eigenvalue weighted by Crippen LogP contribution is -1.95. The molecule has 0 aromatic heterocycles. The molecule has 0 amide bonds. The summed E-state index contributed by atoms with van der Waals surface area (Å²) < 4.78 is 13.2. The number of hydrogen-bond acceptors (Lipinski definition) is 1. The van der Waals surface area contributed by atoms with E-state index in [0.717, 1.165) is 12.8 Å². The summed E-state index contributed by atoms with van der Waals surface area (Å²) in [7, 11) is 0. The van der Waals surface area contributed by atoms with Crippen molar-refractivity contribution < 1.29 is 2.82 Å². The molecule has 2 N–H and O–H groups in total. The van der Waals surface area contributed by atoms with E-state index in [1.165, 1.54) is 0 Å². The van der Waals surface area contributed by atoms with Gasteiger partial charge in [-0.1, -0.05) is 13.3 Å². The summed E-state index contributed by atoms with van der Waals surface area (Å²) in [6, 6.07) is 0. The number of nitrogens with two attached hydrogens (primary N) is 1. The van der Waals surface area contributed by atoms with Gasteiger partial charge in [0.1, 0.15) is 2.82 Å². The molecule has 0 saturated heterocycles. The van der Waals surface area contributed by atoms with Crippen LogP contribution in [0.15, 0.2) is 0 Å². The van der Waals surface area contributed by atoms with E-state index in [1.54, 1.807) is 0 Å². The van der Waals surface area contributed by atoms with Crippen LogP contribution in [0.4, 0.5) is 0 Å². The van der Waals surface area contributed by atoms with Crippen LogP contribution in [0.2, 0.25) is 2.82 Å². The van der Waals surface area contributed by atoms with Gasteiger partial charge in [0.2, 0.25) is 0 Å². The van der Waals surface area contributed by atoms with Gasteiger partial charge in [-0.2, -0.15) is 0 Å². The fraction of sp³-hybridized carbons (Fsp3) is 1.00. The van der Waals surface area contributed by atoms with Gasteiger partial charge in [-0.3, -0.25) is 0 Å². The number of rotatable bonds is 3. The van der Waals surface area contributed by atoms with Gasteiger partial charge < -0.3 is 5.72 Å². The molecule has 0 aliphatic carbocycles. The van der Waals surface area contributed by atoms with Crippen LogP contribution in [0.5, 0.6) is 0 Å². The molecular formula is C4H11N. The molecule has 0 radical (unpaired) electrons. The highest BCUT2D eigenvalue weighted by atomic mass is 14.5. The Kier molecular flexibility index (Phi) is 1.73. The number of hydrogen-bond donors (Lipinski definition) is 1. The first-order chi connectivity index (χ1) is 3.27. The Balaban J connectivity index is 2.68. The summed E-state index contributed by atoms with van der Waals surface area (Å²) >= 11 is 0. The van der Waals surface area contributed by atoms with Gasteiger partial charge in [-0.05, 0) is 13.0 Å². The fourth-order valence-corrected chi connectivity index (χ4v) is 0.158. The molecule has 0 spiro atoms. The Bertz CT molecular complexity index is 38.7. The molecule has 1 nitrogen and oxygen atoms in total. The molecule has 0 atom stereocenters. The number of unbranched alkanes of at least 4 members (excludes halogenated alkanes) is 1. The standard InChI is InChI=1S/C4H11N/c1-2-3-4-5/h2-5H2,1H3/i/hD2. The quantitative estimate of drug-likeness (QED) is 0.526. The highest BCUT2D eigenvalue weighted by Gasteiger charge is 1.67. The van der Waals surface area contributed by atoms with Crippen LogP contribution in [0.25, 0.3) is 0 Å². The Labute approximate surface area is 36.1 Å². The maximum Gasteiger partial charge on any atom is 0.118 e. The second-order valence-electron chi connectivity index (χ2n) is 1.08. The van der Waals surface area contributed by atoms with Crippen LogP contribution in [-0.4, -0.2) is 6.54 Å². The zero-order chi connectivity index (χ0) is 5.70. The van der Waals surface area contributed by atoms with Gasteiger partial charge in [0.05, 0.1) is 0 Å². The zero-order valence-corrected chi connectivity index (χ0v) is 3.57. The third-order valence-corrected chi connectivity index (χ3v) is 0.512. The van der Waals surface area contributed by atoms with Crippen molar-refractivity contribution in [3.63, 3.8) is 0 Å². The second kappa shape index (κ2) is 3.96. The van der Waals surface area contributed by atoms with Crippen molar-refractivity contribution in [2.24, 2.45) is 5.72 Å². The third kappa shape index (κ3) is 3.96. The minimum absolute atomic E-state index is 0.566. The summed E-state index contributed by atoms with van der Waals surface area (Å²) in [6.07, 6.45) is 2.02. The molecule has 1 heteroatoms. The maximum absolute atomic E-state index is 6.58. The molecule has 0 fully saturated rings. The molecule has 0 aromatic rings. The van der Waals surface area contributed by atoms with Crippen LogP contribution in [-0.2, 0) is 0 Å². The summed E-state index contributed by atoms with van der Waals surface area (Å²) in [5, 5.41) is 0. The van der Waals surface area contributed by atoms with Crippen molar-refractivity contribution in [1.29, 1.82) is 0 Å². The van der Waals surface area contributed by atoms with E-state index < -0.39 is 0 Å². The van der Waals surface area contributed by atoms with Gasteiger partial charge in [0, 0.05) is 0 Å². The predicted molar refractivity (Wildman–Crippen MR) is 24.0 cm³/mol. The van der Waals surface area contributed by atoms with E-state index in [-0.39, 0.29) is 0 Å². The molecule has 0 aliphatic rings. The summed E-state index contributed by atoms with van der Waals surface area (Å²) in [5.74, 6) is 0. The zero-order valence-electron chi connectivity index (χ0n) is 5.57. The first kappa shape index (κ1) is 2.19. The molecule has 0 unspecified atom stereocenters. The third-order valence-electron chi connectivity index (χ3n) is 0.512. The van der Waals surface area contributed by atoms with E-state index in [2.05, 4.69) is 0 Å². The van der Waals surface area contributed by atoms with Gasteiger partial charge in [-0.25, -0.2) is 0 Å². The lowest BCUT2D eigenvalue weighted by atomic mass is 10.3. The van der Waals surface area contributed by atoms with E-state index in [4.69, 9.17) is 2.82 Å². The van der Waals surface area contributed by atoms with Gasteiger partial charge in [0.15, 0.2) is 0 Å². The molecule has 0 aliphatic heterocycles. The van der Waals surface area contributed by atoms with Crippen LogP contribution < -0.4 is 5.72 Å². The summed E-state index contributed by atoms with van der Waals surface area (Å²) in [4.78, 5) is 0. The Morgan fingerprint density at radius 2 is 2.80 bits per heavy atom. The van der Waals surface area contributed by atoms with E-state index in [1.807, 2.05) is 6.92 Å². The molecule has 0 heterocycles. The second-order valence-corrected chi connectivity index (χ2v) is 1.08. The first-order valence-corrected chi connectivity index (χ1v) is 2.02. The van der Waals surface area contributed by atoms with Crippen LogP contribution >= 0.6 is 0 Å². The van der Waals surface area contributed by atoms with Gasteiger partial charge >= 0.3 is 0 Å². The Morgan fingerprint density at radius 1 is 2.00 bits per heavy atom. The van der Waals surface area contributed by atoms with Crippen LogP contribution in [0.3, 0.4) is 0 Å². The van der Waals surface area contributed by atoms with Crippen molar-refractivity contribution in [2.45, 2.75) is 19.8 Å². The molecule has 0 saturated carbocycles. The van der Waals surface area contributed by atoms with Crippen molar-refractivity contribution in [1.82, 2.24) is 0 Å². The first-order valence-electron chi connectivity index (χ1n) is 2.92. The normalized spacial score (nSPS) is 14.8. The highest BCUT2D eigenvalue weighted by molar-refractivity contribution is 4.29. The van der Waals surface area contributed by atoms with Crippen molar-refractivity contribution in [3.8, 4) is 0 Å². The summed E-state index contributed by atoms with van der Waals surface area (Å²) in [6.45, 7) is 2.61. The van der Waals surface area contributed by atoms with Crippen molar-refractivity contribution in [3.05, 3.63) is 0 Å². The Morgan fingerprint density at radius 3 is 3.00 bits per heavy atom. The average molecular weight is 75.2 g/mol. The lowest BCUT2D eigenvalue weighted by molar-refractivity contribution is 0.807. The van der Waals surface area contributed by atoms with Gasteiger partial charge in [0.25, 0.3) is 0 Å². The van der Waals surface area contributed by atoms with Crippen LogP contribution in [0.1, 0.15) is 19.8 Å². The van der Waals surface area contributed by atoms with Crippen molar-refractivity contribution in [2.75, 3.05) is 6.54 Å². The van der Waals surface area contributed by atoms with Crippen LogP contribution in [0, 0.1) is 0 Å². The molecule has 5 heavy (non-hydrogen) atoms. The smallest absolute Gasteiger partial charge is 0.118 e. The van der Waals surface area contributed by atoms with E-state index in [0.29, 0.717) is 12.3 Å². The molecule has 0 rings (SSSR count). The molecule has 0 aromatic carbocycles. The van der Waals surface area contributed by atoms with E-state index >= 15 is 0 Å². The SMILES string of the molecule is [2H]N([2H])CCCC. The molecular weight excluding hydrogens is 62.1 g/mol. The fourth-order valence-electron chi connectivity index (χ4n) is 0.158. The summed E-state index contributed by atoms with van der Waals surface area (Å²) in [5.41, 5.74) is 0.712. The maximum atomic E-state index is 6.58. The highest BCUT2D eigenvalue weighted by Crippen LogP contribution is 1.77. The minimum Gasteiger partial charge on any atom is -0.330 e. The molecule has 0 bridgehead atoms. The average Bonchev–Trinajstić information content (AvgIpc) is 1.61. The Hall–Kier alpha value is -0.0400. The minimum atomic E-state index is 0.566. The van der Waals surface area contributed by atoms with Gasteiger partial charge in [-0.15, -0.1) is 0 Å².